The first-order chi connectivity index (χ1) is 8.86. The van der Waals surface area contributed by atoms with Crippen molar-refractivity contribution in [2.24, 2.45) is 5.92 Å². The SMILES string of the molecule is CC(C)CN(C)Cc1cc(F)cc(C=CC(=O)O)c1. The highest BCUT2D eigenvalue weighted by molar-refractivity contribution is 5.85. The number of aliphatic carboxylic acids is 1. The van der Waals surface area contributed by atoms with Crippen LogP contribution >= 0.6 is 0 Å². The molecule has 0 bridgehead atoms. The Bertz CT molecular complexity index is 469. The molecule has 0 amide bonds. The van der Waals surface area contributed by atoms with Gasteiger partial charge in [0.2, 0.25) is 0 Å². The summed E-state index contributed by atoms with van der Waals surface area (Å²) in [6.07, 6.45) is 2.41. The molecule has 104 valence electrons. The van der Waals surface area contributed by atoms with Crippen LogP contribution in [0.3, 0.4) is 0 Å². The molecule has 0 spiro atoms. The fourth-order valence-electron chi connectivity index (χ4n) is 2.03. The lowest BCUT2D eigenvalue weighted by Crippen LogP contribution is -2.22. The average Bonchev–Trinajstić information content (AvgIpc) is 2.24. The number of nitrogens with zero attached hydrogens (tertiary/aromatic N) is 1. The van der Waals surface area contributed by atoms with Crippen molar-refractivity contribution in [3.05, 3.63) is 41.2 Å². The molecule has 0 aliphatic carbocycles. The molecule has 0 aliphatic rings. The zero-order chi connectivity index (χ0) is 14.4. The van der Waals surface area contributed by atoms with Crippen molar-refractivity contribution in [2.45, 2.75) is 20.4 Å². The van der Waals surface area contributed by atoms with E-state index >= 15 is 0 Å². The number of benzene rings is 1. The van der Waals surface area contributed by atoms with Crippen LogP contribution in [0.4, 0.5) is 4.39 Å². The van der Waals surface area contributed by atoms with Crippen LogP contribution in [0, 0.1) is 11.7 Å². The normalized spacial score (nSPS) is 11.7. The first kappa shape index (κ1) is 15.4. The van der Waals surface area contributed by atoms with Crippen LogP contribution in [-0.2, 0) is 11.3 Å². The summed E-state index contributed by atoms with van der Waals surface area (Å²) in [4.78, 5) is 12.6. The average molecular weight is 265 g/mol. The minimum Gasteiger partial charge on any atom is -0.478 e. The Hall–Kier alpha value is -1.68. The monoisotopic (exact) mass is 265 g/mol. The quantitative estimate of drug-likeness (QED) is 0.804. The molecule has 0 saturated heterocycles. The number of rotatable bonds is 6. The smallest absolute Gasteiger partial charge is 0.328 e. The molecule has 0 fully saturated rings. The van der Waals surface area contributed by atoms with Gasteiger partial charge in [-0.1, -0.05) is 19.9 Å². The first-order valence-corrected chi connectivity index (χ1v) is 6.26. The molecular formula is C15H20FNO2. The third-order valence-electron chi connectivity index (χ3n) is 2.53. The standard InChI is InChI=1S/C15H20FNO2/c1-11(2)9-17(3)10-13-6-12(4-5-15(18)19)7-14(16)8-13/h4-8,11H,9-10H2,1-3H3,(H,18,19). The maximum absolute atomic E-state index is 13.5. The maximum atomic E-state index is 13.5. The third-order valence-corrected chi connectivity index (χ3v) is 2.53. The van der Waals surface area contributed by atoms with Gasteiger partial charge in [0.05, 0.1) is 0 Å². The Morgan fingerprint density at radius 2 is 2.11 bits per heavy atom. The zero-order valence-corrected chi connectivity index (χ0v) is 11.6. The summed E-state index contributed by atoms with van der Waals surface area (Å²) in [6.45, 7) is 5.83. The first-order valence-electron chi connectivity index (χ1n) is 6.26. The number of carboxylic acid groups (broad SMARTS) is 1. The molecule has 0 saturated carbocycles. The van der Waals surface area contributed by atoms with E-state index in [4.69, 9.17) is 5.11 Å². The van der Waals surface area contributed by atoms with Gasteiger partial charge in [0, 0.05) is 19.2 Å². The van der Waals surface area contributed by atoms with Gasteiger partial charge in [-0.2, -0.15) is 0 Å². The van der Waals surface area contributed by atoms with E-state index in [1.54, 1.807) is 6.07 Å². The summed E-state index contributed by atoms with van der Waals surface area (Å²) in [6, 6.07) is 4.61. The Morgan fingerprint density at radius 3 is 2.68 bits per heavy atom. The summed E-state index contributed by atoms with van der Waals surface area (Å²) in [7, 11) is 1.98. The lowest BCUT2D eigenvalue weighted by atomic mass is 10.1. The van der Waals surface area contributed by atoms with Gasteiger partial charge in [0.15, 0.2) is 0 Å². The lowest BCUT2D eigenvalue weighted by molar-refractivity contribution is -0.131. The number of carbonyl (C=O) groups is 1. The molecule has 1 aromatic rings. The van der Waals surface area contributed by atoms with Crippen molar-refractivity contribution in [1.29, 1.82) is 0 Å². The van der Waals surface area contributed by atoms with Gasteiger partial charge in [-0.15, -0.1) is 0 Å². The van der Waals surface area contributed by atoms with Crippen LogP contribution < -0.4 is 0 Å². The second kappa shape index (κ2) is 7.04. The van der Waals surface area contributed by atoms with E-state index in [2.05, 4.69) is 18.7 Å². The number of halogens is 1. The Balaban J connectivity index is 2.81. The highest BCUT2D eigenvalue weighted by Gasteiger charge is 2.05. The van der Waals surface area contributed by atoms with E-state index in [1.807, 2.05) is 7.05 Å². The molecule has 19 heavy (non-hydrogen) atoms. The Morgan fingerprint density at radius 1 is 1.42 bits per heavy atom. The van der Waals surface area contributed by atoms with Gasteiger partial charge >= 0.3 is 5.97 Å². The molecule has 0 radical (unpaired) electrons. The molecule has 0 aromatic heterocycles. The predicted molar refractivity (Wildman–Crippen MR) is 74.2 cm³/mol. The molecular weight excluding hydrogens is 245 g/mol. The minimum absolute atomic E-state index is 0.347. The highest BCUT2D eigenvalue weighted by Crippen LogP contribution is 2.13. The molecule has 1 N–H and O–H groups in total. The second-order valence-electron chi connectivity index (χ2n) is 5.15. The largest absolute Gasteiger partial charge is 0.478 e. The van der Waals surface area contributed by atoms with Gasteiger partial charge in [0.1, 0.15) is 5.82 Å². The summed E-state index contributed by atoms with van der Waals surface area (Å²) in [5, 5.41) is 8.57. The molecule has 0 atom stereocenters. The Kier molecular flexibility index (Phi) is 5.70. The number of hydrogen-bond acceptors (Lipinski definition) is 2. The summed E-state index contributed by atoms with van der Waals surface area (Å²) in [5.41, 5.74) is 1.41. The molecule has 0 aliphatic heterocycles. The van der Waals surface area contributed by atoms with Crippen LogP contribution in [0.15, 0.2) is 24.3 Å². The van der Waals surface area contributed by atoms with Crippen LogP contribution in [0.2, 0.25) is 0 Å². The predicted octanol–water partition coefficient (Wildman–Crippen LogP) is 3.01. The van der Waals surface area contributed by atoms with E-state index in [0.717, 1.165) is 18.2 Å². The van der Waals surface area contributed by atoms with E-state index in [-0.39, 0.29) is 5.82 Å². The van der Waals surface area contributed by atoms with E-state index in [1.165, 1.54) is 18.2 Å². The number of hydrogen-bond donors (Lipinski definition) is 1. The van der Waals surface area contributed by atoms with Crippen molar-refractivity contribution in [3.63, 3.8) is 0 Å². The van der Waals surface area contributed by atoms with E-state index in [0.29, 0.717) is 18.0 Å². The molecule has 0 unspecified atom stereocenters. The number of carboxylic acids is 1. The summed E-state index contributed by atoms with van der Waals surface area (Å²) >= 11 is 0. The van der Waals surface area contributed by atoms with Crippen LogP contribution in [-0.4, -0.2) is 29.6 Å². The maximum Gasteiger partial charge on any atom is 0.328 e. The van der Waals surface area contributed by atoms with E-state index in [9.17, 15) is 9.18 Å². The highest BCUT2D eigenvalue weighted by atomic mass is 19.1. The van der Waals surface area contributed by atoms with Crippen molar-refractivity contribution in [1.82, 2.24) is 4.90 Å². The fourth-order valence-corrected chi connectivity index (χ4v) is 2.03. The Labute approximate surface area is 113 Å². The van der Waals surface area contributed by atoms with Gasteiger partial charge in [-0.05, 0) is 42.3 Å². The molecule has 4 heteroatoms. The second-order valence-corrected chi connectivity index (χ2v) is 5.15. The van der Waals surface area contributed by atoms with Crippen LogP contribution in [0.1, 0.15) is 25.0 Å². The van der Waals surface area contributed by atoms with E-state index < -0.39 is 5.97 Å². The van der Waals surface area contributed by atoms with Crippen molar-refractivity contribution >= 4 is 12.0 Å². The summed E-state index contributed by atoms with van der Waals surface area (Å²) < 4.78 is 13.5. The van der Waals surface area contributed by atoms with Gasteiger partial charge in [-0.3, -0.25) is 0 Å². The summed E-state index contributed by atoms with van der Waals surface area (Å²) in [5.74, 6) is -0.840. The van der Waals surface area contributed by atoms with Gasteiger partial charge in [0.25, 0.3) is 0 Å². The van der Waals surface area contributed by atoms with Crippen molar-refractivity contribution in [3.8, 4) is 0 Å². The fraction of sp³-hybridized carbons (Fsp3) is 0.400. The van der Waals surface area contributed by atoms with Crippen LogP contribution in [0.5, 0.6) is 0 Å². The van der Waals surface area contributed by atoms with Crippen molar-refractivity contribution in [2.75, 3.05) is 13.6 Å². The molecule has 1 aromatic carbocycles. The van der Waals surface area contributed by atoms with Crippen molar-refractivity contribution < 1.29 is 14.3 Å². The molecule has 0 heterocycles. The lowest BCUT2D eigenvalue weighted by Gasteiger charge is -2.19. The van der Waals surface area contributed by atoms with Gasteiger partial charge < -0.3 is 10.0 Å². The van der Waals surface area contributed by atoms with Crippen LogP contribution in [0.25, 0.3) is 6.08 Å². The topological polar surface area (TPSA) is 40.5 Å². The zero-order valence-electron chi connectivity index (χ0n) is 11.6. The van der Waals surface area contributed by atoms with Gasteiger partial charge in [-0.25, -0.2) is 9.18 Å². The molecule has 3 nitrogen and oxygen atoms in total. The minimum atomic E-state index is -1.04. The molecule has 1 rings (SSSR count). The third kappa shape index (κ3) is 6.15.